The first-order chi connectivity index (χ1) is 5.67. The van der Waals surface area contributed by atoms with Gasteiger partial charge in [0.25, 0.3) is 0 Å². The molecule has 0 rings (SSSR count). The van der Waals surface area contributed by atoms with Gasteiger partial charge in [-0.25, -0.2) is 0 Å². The van der Waals surface area contributed by atoms with Crippen molar-refractivity contribution in [3.63, 3.8) is 0 Å². The third kappa shape index (κ3) is 3.49. The zero-order valence-corrected chi connectivity index (χ0v) is 8.11. The quantitative estimate of drug-likeness (QED) is 0.624. The molecule has 0 heterocycles. The maximum absolute atomic E-state index is 9.28. The van der Waals surface area contributed by atoms with Gasteiger partial charge < -0.3 is 19.3 Å². The molecule has 4 heteroatoms. The fraction of sp³-hybridized carbons (Fsp3) is 1.00. The third-order valence-corrected chi connectivity index (χ3v) is 1.75. The van der Waals surface area contributed by atoms with E-state index >= 15 is 0 Å². The molecule has 12 heavy (non-hydrogen) atoms. The van der Waals surface area contributed by atoms with Crippen molar-refractivity contribution in [3.05, 3.63) is 0 Å². The Morgan fingerprint density at radius 3 is 2.00 bits per heavy atom. The molecule has 4 nitrogen and oxygen atoms in total. The van der Waals surface area contributed by atoms with Gasteiger partial charge in [-0.1, -0.05) is 0 Å². The van der Waals surface area contributed by atoms with Gasteiger partial charge in [-0.3, -0.25) is 0 Å². The van der Waals surface area contributed by atoms with Gasteiger partial charge >= 0.3 is 0 Å². The first-order valence-corrected chi connectivity index (χ1v) is 3.90. The topological polar surface area (TPSA) is 47.9 Å². The number of ether oxygens (including phenoxy) is 3. The summed E-state index contributed by atoms with van der Waals surface area (Å²) in [5, 5.41) is 9.28. The Kier molecular flexibility index (Phi) is 6.28. The molecule has 0 aliphatic rings. The number of aliphatic hydroxyl groups excluding tert-OH is 1. The summed E-state index contributed by atoms with van der Waals surface area (Å²) >= 11 is 0. The molecular weight excluding hydrogens is 160 g/mol. The molecule has 0 aromatic carbocycles. The van der Waals surface area contributed by atoms with Crippen molar-refractivity contribution < 1.29 is 19.3 Å². The lowest BCUT2D eigenvalue weighted by Gasteiger charge is -2.26. The molecule has 0 bridgehead atoms. The molecule has 0 saturated heterocycles. The number of hydrogen-bond acceptors (Lipinski definition) is 4. The van der Waals surface area contributed by atoms with Crippen LogP contribution < -0.4 is 0 Å². The van der Waals surface area contributed by atoms with Crippen LogP contribution in [0.5, 0.6) is 0 Å². The minimum absolute atomic E-state index is 0.222. The van der Waals surface area contributed by atoms with E-state index in [9.17, 15) is 5.11 Å². The summed E-state index contributed by atoms with van der Waals surface area (Å²) in [5.74, 6) is 0. The molecule has 0 aliphatic heterocycles. The number of aliphatic hydroxyl groups is 1. The van der Waals surface area contributed by atoms with Crippen molar-refractivity contribution in [3.8, 4) is 0 Å². The highest BCUT2D eigenvalue weighted by Crippen LogP contribution is 2.07. The molecule has 0 spiro atoms. The van der Waals surface area contributed by atoms with Gasteiger partial charge in [0.2, 0.25) is 0 Å². The van der Waals surface area contributed by atoms with Crippen LogP contribution in [0.2, 0.25) is 0 Å². The van der Waals surface area contributed by atoms with Crippen LogP contribution in [-0.4, -0.2) is 51.4 Å². The second-order valence-electron chi connectivity index (χ2n) is 2.67. The van der Waals surface area contributed by atoms with Crippen molar-refractivity contribution in [1.29, 1.82) is 0 Å². The van der Waals surface area contributed by atoms with E-state index in [-0.39, 0.29) is 12.2 Å². The predicted molar refractivity (Wildman–Crippen MR) is 45.2 cm³/mol. The van der Waals surface area contributed by atoms with Crippen LogP contribution >= 0.6 is 0 Å². The van der Waals surface area contributed by atoms with Crippen LogP contribution in [-0.2, 0) is 14.2 Å². The van der Waals surface area contributed by atoms with Crippen molar-refractivity contribution >= 4 is 0 Å². The molecule has 0 fully saturated rings. The van der Waals surface area contributed by atoms with Gasteiger partial charge in [0.05, 0.1) is 12.7 Å². The summed E-state index contributed by atoms with van der Waals surface area (Å²) in [6, 6.07) is 0. The zero-order valence-electron chi connectivity index (χ0n) is 8.11. The SMILES string of the molecule is COCC(OC)C(OC)C(C)O. The molecule has 0 saturated carbocycles. The maximum Gasteiger partial charge on any atom is 0.111 e. The van der Waals surface area contributed by atoms with E-state index in [2.05, 4.69) is 0 Å². The zero-order chi connectivity index (χ0) is 9.56. The lowest BCUT2D eigenvalue weighted by molar-refractivity contribution is -0.109. The first kappa shape index (κ1) is 11.8. The molecule has 3 atom stereocenters. The van der Waals surface area contributed by atoms with Crippen LogP contribution in [0.1, 0.15) is 6.92 Å². The largest absolute Gasteiger partial charge is 0.391 e. The highest BCUT2D eigenvalue weighted by Gasteiger charge is 2.25. The Bertz CT molecular complexity index is 105. The second-order valence-corrected chi connectivity index (χ2v) is 2.67. The van der Waals surface area contributed by atoms with E-state index in [0.717, 1.165) is 0 Å². The third-order valence-electron chi connectivity index (χ3n) is 1.75. The van der Waals surface area contributed by atoms with Crippen LogP contribution in [0, 0.1) is 0 Å². The molecule has 1 N–H and O–H groups in total. The second kappa shape index (κ2) is 6.37. The van der Waals surface area contributed by atoms with Gasteiger partial charge in [0.1, 0.15) is 12.2 Å². The Morgan fingerprint density at radius 1 is 1.17 bits per heavy atom. The van der Waals surface area contributed by atoms with E-state index in [0.29, 0.717) is 6.61 Å². The normalized spacial score (nSPS) is 18.8. The van der Waals surface area contributed by atoms with E-state index in [4.69, 9.17) is 14.2 Å². The molecule has 0 aliphatic carbocycles. The van der Waals surface area contributed by atoms with Crippen molar-refractivity contribution in [2.24, 2.45) is 0 Å². The summed E-state index contributed by atoms with van der Waals surface area (Å²) in [7, 11) is 4.69. The average molecular weight is 178 g/mol. The Morgan fingerprint density at radius 2 is 1.75 bits per heavy atom. The van der Waals surface area contributed by atoms with Gasteiger partial charge in [0.15, 0.2) is 0 Å². The molecular formula is C8H18O4. The summed E-state index contributed by atoms with van der Waals surface area (Å²) in [5.41, 5.74) is 0. The number of hydrogen-bond donors (Lipinski definition) is 1. The van der Waals surface area contributed by atoms with E-state index in [1.165, 1.54) is 0 Å². The lowest BCUT2D eigenvalue weighted by atomic mass is 10.1. The van der Waals surface area contributed by atoms with Gasteiger partial charge in [-0.05, 0) is 6.92 Å². The van der Waals surface area contributed by atoms with Gasteiger partial charge in [-0.15, -0.1) is 0 Å². The fourth-order valence-electron chi connectivity index (χ4n) is 1.12. The van der Waals surface area contributed by atoms with Crippen LogP contribution in [0.25, 0.3) is 0 Å². The van der Waals surface area contributed by atoms with Crippen molar-refractivity contribution in [2.45, 2.75) is 25.2 Å². The average Bonchev–Trinajstić information content (AvgIpc) is 2.03. The molecule has 3 unspecified atom stereocenters. The molecule has 0 amide bonds. The Balaban J connectivity index is 4.02. The molecule has 0 radical (unpaired) electrons. The molecule has 0 aromatic rings. The monoisotopic (exact) mass is 178 g/mol. The van der Waals surface area contributed by atoms with E-state index in [1.807, 2.05) is 0 Å². The minimum Gasteiger partial charge on any atom is -0.391 e. The Hall–Kier alpha value is -0.160. The fourth-order valence-corrected chi connectivity index (χ4v) is 1.12. The maximum atomic E-state index is 9.28. The van der Waals surface area contributed by atoms with Gasteiger partial charge in [-0.2, -0.15) is 0 Å². The predicted octanol–water partition coefficient (Wildman–Crippen LogP) is 0.0436. The smallest absolute Gasteiger partial charge is 0.111 e. The Labute approximate surface area is 73.4 Å². The van der Waals surface area contributed by atoms with E-state index < -0.39 is 6.10 Å². The van der Waals surface area contributed by atoms with Crippen molar-refractivity contribution in [2.75, 3.05) is 27.9 Å². The van der Waals surface area contributed by atoms with E-state index in [1.54, 1.807) is 28.3 Å². The summed E-state index contributed by atoms with van der Waals surface area (Å²) in [6.07, 6.45) is -1.12. The van der Waals surface area contributed by atoms with Crippen molar-refractivity contribution in [1.82, 2.24) is 0 Å². The summed E-state index contributed by atoms with van der Waals surface area (Å²) < 4.78 is 15.1. The summed E-state index contributed by atoms with van der Waals surface area (Å²) in [6.45, 7) is 2.08. The van der Waals surface area contributed by atoms with Crippen LogP contribution in [0.15, 0.2) is 0 Å². The standard InChI is InChI=1S/C8H18O4/c1-6(9)8(12-4)7(11-3)5-10-2/h6-9H,5H2,1-4H3. The number of rotatable bonds is 6. The molecule has 74 valence electrons. The highest BCUT2D eigenvalue weighted by molar-refractivity contribution is 4.74. The van der Waals surface area contributed by atoms with Crippen LogP contribution in [0.4, 0.5) is 0 Å². The highest BCUT2D eigenvalue weighted by atomic mass is 16.6. The lowest BCUT2D eigenvalue weighted by Crippen LogP contribution is -2.41. The first-order valence-electron chi connectivity index (χ1n) is 3.90. The van der Waals surface area contributed by atoms with Crippen LogP contribution in [0.3, 0.4) is 0 Å². The minimum atomic E-state index is -0.560. The van der Waals surface area contributed by atoms with Gasteiger partial charge in [0, 0.05) is 21.3 Å². The number of methoxy groups -OCH3 is 3. The summed E-state index contributed by atoms with van der Waals surface area (Å²) in [4.78, 5) is 0. The molecule has 0 aromatic heterocycles.